The Morgan fingerprint density at radius 2 is 2.28 bits per heavy atom. The van der Waals surface area contributed by atoms with E-state index in [0.717, 1.165) is 10.7 Å². The topological polar surface area (TPSA) is 92.9 Å². The Hall–Kier alpha value is -1.67. The average molecular weight is 283 g/mol. The summed E-state index contributed by atoms with van der Waals surface area (Å²) in [6.07, 6.45) is 0. The second-order valence-corrected chi connectivity index (χ2v) is 5.49. The van der Waals surface area contributed by atoms with Gasteiger partial charge in [-0.05, 0) is 6.92 Å². The van der Waals surface area contributed by atoms with Gasteiger partial charge in [0, 0.05) is 18.1 Å². The summed E-state index contributed by atoms with van der Waals surface area (Å²) < 4.78 is 0. The molecule has 2 heterocycles. The van der Waals surface area contributed by atoms with Crippen molar-refractivity contribution < 1.29 is 4.79 Å². The maximum Gasteiger partial charge on any atom is 0.265 e. The summed E-state index contributed by atoms with van der Waals surface area (Å²) in [7, 11) is 1.73. The van der Waals surface area contributed by atoms with Crippen LogP contribution in [-0.4, -0.2) is 22.9 Å². The molecule has 4 N–H and O–H groups in total. The van der Waals surface area contributed by atoms with Gasteiger partial charge in [-0.1, -0.05) is 11.3 Å². The van der Waals surface area contributed by atoms with Crippen LogP contribution in [0.15, 0.2) is 5.38 Å². The number of carbonyl (C=O) groups excluding carboxylic acids is 1. The smallest absolute Gasteiger partial charge is 0.265 e. The number of aryl methyl sites for hydroxylation is 1. The molecule has 0 bridgehead atoms. The van der Waals surface area contributed by atoms with Crippen LogP contribution in [-0.2, 0) is 6.54 Å². The van der Waals surface area contributed by atoms with Gasteiger partial charge in [-0.2, -0.15) is 0 Å². The third-order valence-corrected chi connectivity index (χ3v) is 4.19. The second kappa shape index (κ2) is 5.32. The summed E-state index contributed by atoms with van der Waals surface area (Å²) in [5, 5.41) is 9.08. The van der Waals surface area contributed by atoms with Crippen molar-refractivity contribution in [1.82, 2.24) is 15.3 Å². The summed E-state index contributed by atoms with van der Waals surface area (Å²) in [4.78, 5) is 20.6. The van der Waals surface area contributed by atoms with E-state index in [1.807, 2.05) is 12.3 Å². The van der Waals surface area contributed by atoms with Crippen LogP contribution >= 0.6 is 22.7 Å². The molecule has 0 fully saturated rings. The predicted molar refractivity (Wildman–Crippen MR) is 74.1 cm³/mol. The monoisotopic (exact) mass is 283 g/mol. The first-order valence-electron chi connectivity index (χ1n) is 5.23. The molecule has 0 aliphatic rings. The highest BCUT2D eigenvalue weighted by atomic mass is 32.1. The summed E-state index contributed by atoms with van der Waals surface area (Å²) in [6, 6.07) is 0. The maximum absolute atomic E-state index is 11.9. The molecule has 2 rings (SSSR count). The highest BCUT2D eigenvalue weighted by Crippen LogP contribution is 2.24. The Morgan fingerprint density at radius 1 is 1.50 bits per heavy atom. The number of anilines is 2. The molecule has 0 unspecified atom stereocenters. The molecule has 0 aromatic carbocycles. The minimum absolute atomic E-state index is 0.223. The van der Waals surface area contributed by atoms with Crippen LogP contribution in [0.2, 0.25) is 0 Å². The minimum Gasteiger partial charge on any atom is -0.382 e. The van der Waals surface area contributed by atoms with Gasteiger partial charge >= 0.3 is 0 Å². The van der Waals surface area contributed by atoms with Gasteiger partial charge < -0.3 is 16.4 Å². The van der Waals surface area contributed by atoms with Gasteiger partial charge in [0.05, 0.1) is 6.54 Å². The fourth-order valence-corrected chi connectivity index (χ4v) is 2.79. The number of amides is 1. The standard InChI is InChI=1S/C10H13N5OS2/c1-5-4-17-6(14-5)3-13-9(16)7-8(11)15-10(12-2)18-7/h4H,3,11H2,1-2H3,(H,12,15)(H,13,16). The first-order chi connectivity index (χ1) is 8.60. The van der Waals surface area contributed by atoms with Gasteiger partial charge in [-0.15, -0.1) is 11.3 Å². The van der Waals surface area contributed by atoms with E-state index in [1.165, 1.54) is 22.7 Å². The van der Waals surface area contributed by atoms with E-state index in [0.29, 0.717) is 16.6 Å². The fourth-order valence-electron chi connectivity index (χ4n) is 1.32. The van der Waals surface area contributed by atoms with E-state index in [1.54, 1.807) is 7.05 Å². The summed E-state index contributed by atoms with van der Waals surface area (Å²) >= 11 is 2.75. The van der Waals surface area contributed by atoms with Crippen molar-refractivity contribution in [2.75, 3.05) is 18.1 Å². The van der Waals surface area contributed by atoms with Gasteiger partial charge in [0.25, 0.3) is 5.91 Å². The second-order valence-electron chi connectivity index (χ2n) is 3.55. The Labute approximate surface area is 112 Å². The third kappa shape index (κ3) is 2.77. The predicted octanol–water partition coefficient (Wildman–Crippen LogP) is 1.46. The lowest BCUT2D eigenvalue weighted by Gasteiger charge is -2.00. The maximum atomic E-state index is 11.9. The van der Waals surface area contributed by atoms with Gasteiger partial charge in [-0.25, -0.2) is 9.97 Å². The molecule has 2 aromatic rings. The Morgan fingerprint density at radius 3 is 2.83 bits per heavy atom. The zero-order valence-corrected chi connectivity index (χ0v) is 11.6. The molecular formula is C10H13N5OS2. The van der Waals surface area contributed by atoms with Gasteiger partial charge in [0.1, 0.15) is 15.7 Å². The average Bonchev–Trinajstić information content (AvgIpc) is 2.92. The lowest BCUT2D eigenvalue weighted by atomic mass is 10.4. The van der Waals surface area contributed by atoms with Crippen LogP contribution in [0.1, 0.15) is 20.4 Å². The molecule has 2 aromatic heterocycles. The fraction of sp³-hybridized carbons (Fsp3) is 0.300. The number of nitrogen functional groups attached to an aromatic ring is 1. The molecule has 96 valence electrons. The van der Waals surface area contributed by atoms with E-state index in [9.17, 15) is 4.79 Å². The zero-order chi connectivity index (χ0) is 13.1. The summed E-state index contributed by atoms with van der Waals surface area (Å²) in [5.74, 6) is 0.0246. The van der Waals surface area contributed by atoms with Crippen molar-refractivity contribution in [2.24, 2.45) is 0 Å². The van der Waals surface area contributed by atoms with E-state index in [4.69, 9.17) is 5.73 Å². The normalized spacial score (nSPS) is 10.3. The zero-order valence-electron chi connectivity index (χ0n) is 9.98. The van der Waals surface area contributed by atoms with Crippen LogP contribution in [0.3, 0.4) is 0 Å². The first kappa shape index (κ1) is 12.8. The van der Waals surface area contributed by atoms with E-state index in [-0.39, 0.29) is 11.7 Å². The van der Waals surface area contributed by atoms with E-state index >= 15 is 0 Å². The number of nitrogens with one attached hydrogen (secondary N) is 2. The van der Waals surface area contributed by atoms with Crippen LogP contribution in [0, 0.1) is 6.92 Å². The van der Waals surface area contributed by atoms with E-state index in [2.05, 4.69) is 20.6 Å². The molecule has 0 saturated heterocycles. The largest absolute Gasteiger partial charge is 0.382 e. The van der Waals surface area contributed by atoms with Gasteiger partial charge in [0.15, 0.2) is 5.13 Å². The molecule has 18 heavy (non-hydrogen) atoms. The number of nitrogens with two attached hydrogens (primary N) is 1. The Kier molecular flexibility index (Phi) is 3.78. The van der Waals surface area contributed by atoms with Crippen molar-refractivity contribution in [2.45, 2.75) is 13.5 Å². The molecule has 1 amide bonds. The van der Waals surface area contributed by atoms with Crippen molar-refractivity contribution in [3.05, 3.63) is 21.0 Å². The molecule has 0 aliphatic carbocycles. The molecular weight excluding hydrogens is 270 g/mol. The minimum atomic E-state index is -0.223. The molecule has 0 atom stereocenters. The van der Waals surface area contributed by atoms with Crippen LogP contribution in [0.4, 0.5) is 10.9 Å². The number of carbonyl (C=O) groups is 1. The summed E-state index contributed by atoms with van der Waals surface area (Å²) in [6.45, 7) is 2.33. The van der Waals surface area contributed by atoms with Gasteiger partial charge in [0.2, 0.25) is 0 Å². The summed E-state index contributed by atoms with van der Waals surface area (Å²) in [5.41, 5.74) is 6.63. The molecule has 0 radical (unpaired) electrons. The molecule has 6 nitrogen and oxygen atoms in total. The molecule has 0 saturated carbocycles. The van der Waals surface area contributed by atoms with Crippen LogP contribution in [0.5, 0.6) is 0 Å². The van der Waals surface area contributed by atoms with Crippen molar-refractivity contribution in [3.8, 4) is 0 Å². The third-order valence-electron chi connectivity index (χ3n) is 2.14. The lowest BCUT2D eigenvalue weighted by molar-refractivity contribution is 0.0955. The number of aromatic nitrogens is 2. The van der Waals surface area contributed by atoms with E-state index < -0.39 is 0 Å². The van der Waals surface area contributed by atoms with Crippen LogP contribution in [0.25, 0.3) is 0 Å². The van der Waals surface area contributed by atoms with Crippen molar-refractivity contribution in [1.29, 1.82) is 0 Å². The number of rotatable bonds is 4. The van der Waals surface area contributed by atoms with Gasteiger partial charge in [-0.3, -0.25) is 4.79 Å². The lowest BCUT2D eigenvalue weighted by Crippen LogP contribution is -2.22. The quantitative estimate of drug-likeness (QED) is 0.790. The number of hydrogen-bond donors (Lipinski definition) is 3. The molecule has 0 spiro atoms. The Bertz CT molecular complexity index is 562. The number of thiazole rings is 2. The SMILES string of the molecule is CNc1nc(N)c(C(=O)NCc2nc(C)cs2)s1. The molecule has 0 aliphatic heterocycles. The Balaban J connectivity index is 2.01. The van der Waals surface area contributed by atoms with Crippen molar-refractivity contribution in [3.63, 3.8) is 0 Å². The highest BCUT2D eigenvalue weighted by molar-refractivity contribution is 7.18. The van der Waals surface area contributed by atoms with Crippen LogP contribution < -0.4 is 16.4 Å². The first-order valence-corrected chi connectivity index (χ1v) is 6.93. The number of hydrogen-bond acceptors (Lipinski definition) is 7. The molecule has 8 heteroatoms. The van der Waals surface area contributed by atoms with Crippen molar-refractivity contribution >= 4 is 39.5 Å². The highest BCUT2D eigenvalue weighted by Gasteiger charge is 2.15. The number of nitrogens with zero attached hydrogens (tertiary/aromatic N) is 2.